The molecule has 0 saturated heterocycles. The molecule has 53 heavy (non-hydrogen) atoms. The van der Waals surface area contributed by atoms with E-state index in [0.29, 0.717) is 41.2 Å². The summed E-state index contributed by atoms with van der Waals surface area (Å²) in [6.07, 6.45) is 16.7. The molecule has 2 unspecified atom stereocenters. The molecule has 2 aliphatic rings. The molecule has 0 bridgehead atoms. The number of hydrogen-bond acceptors (Lipinski definition) is 6. The van der Waals surface area contributed by atoms with Crippen LogP contribution in [0.3, 0.4) is 0 Å². The molecule has 0 N–H and O–H groups in total. The number of carbonyl (C=O) groups excluding carboxylic acids is 1. The van der Waals surface area contributed by atoms with Crippen molar-refractivity contribution in [3.05, 3.63) is 126 Å². The van der Waals surface area contributed by atoms with Crippen molar-refractivity contribution in [2.45, 2.75) is 60.0 Å². The molecule has 269 valence electrons. The van der Waals surface area contributed by atoms with Crippen LogP contribution in [0.15, 0.2) is 97.3 Å². The van der Waals surface area contributed by atoms with Gasteiger partial charge in [0, 0.05) is 41.1 Å². The van der Waals surface area contributed by atoms with Crippen molar-refractivity contribution in [2.24, 2.45) is 47.3 Å². The number of ether oxygens (including phenoxy) is 1. The van der Waals surface area contributed by atoms with E-state index in [2.05, 4.69) is 87.4 Å². The third-order valence-corrected chi connectivity index (χ3v) is 12.1. The van der Waals surface area contributed by atoms with Gasteiger partial charge < -0.3 is 4.74 Å². The minimum Gasteiger partial charge on any atom is -0.462 e. The van der Waals surface area contributed by atoms with E-state index in [-0.39, 0.29) is 35.7 Å². The highest BCUT2D eigenvalue weighted by Gasteiger charge is 2.40. The fraction of sp³-hybridized carbons (Fsp3) is 0.362. The number of hydrogen-bond donors (Lipinski definition) is 0. The molecule has 2 saturated carbocycles. The van der Waals surface area contributed by atoms with Gasteiger partial charge in [0.15, 0.2) is 0 Å². The summed E-state index contributed by atoms with van der Waals surface area (Å²) in [6.45, 7) is 11.3. The first-order valence-electron chi connectivity index (χ1n) is 19.0. The summed E-state index contributed by atoms with van der Waals surface area (Å²) in [6, 6.07) is 27.7. The molecular weight excluding hydrogens is 653 g/mol. The third kappa shape index (κ3) is 8.66. The maximum Gasteiger partial charge on any atom is 0.306 e. The van der Waals surface area contributed by atoms with Gasteiger partial charge in [0.2, 0.25) is 0 Å². The van der Waals surface area contributed by atoms with E-state index in [9.17, 15) is 15.3 Å². The maximum absolute atomic E-state index is 13.7. The van der Waals surface area contributed by atoms with E-state index in [4.69, 9.17) is 4.74 Å². The number of rotatable bonds is 9. The Hall–Kier alpha value is -5.33. The van der Waals surface area contributed by atoms with Crippen molar-refractivity contribution in [1.82, 2.24) is 9.97 Å². The molecule has 0 aliphatic heterocycles. The first-order chi connectivity index (χ1) is 25.7. The average molecular weight is 702 g/mol. The van der Waals surface area contributed by atoms with Crippen LogP contribution in [0.4, 0.5) is 0 Å². The van der Waals surface area contributed by atoms with Crippen molar-refractivity contribution < 1.29 is 9.53 Å². The first kappa shape index (κ1) is 37.4. The normalized spacial score (nSPS) is 27.3. The Morgan fingerprint density at radius 3 is 1.77 bits per heavy atom. The van der Waals surface area contributed by atoms with Gasteiger partial charge in [-0.25, -0.2) is 0 Å². The molecule has 2 aromatic heterocycles. The minimum atomic E-state index is -0.149. The van der Waals surface area contributed by atoms with Crippen LogP contribution in [-0.4, -0.2) is 22.0 Å². The van der Waals surface area contributed by atoms with Crippen LogP contribution in [0.25, 0.3) is 34.4 Å². The van der Waals surface area contributed by atoms with Crippen LogP contribution in [0.2, 0.25) is 0 Å². The van der Waals surface area contributed by atoms with Gasteiger partial charge in [0.1, 0.15) is 6.10 Å². The Morgan fingerprint density at radius 2 is 1.25 bits per heavy atom. The first-order valence-corrected chi connectivity index (χ1v) is 19.0. The van der Waals surface area contributed by atoms with Crippen LogP contribution in [0.5, 0.6) is 0 Å². The smallest absolute Gasteiger partial charge is 0.306 e. The van der Waals surface area contributed by atoms with Crippen LogP contribution < -0.4 is 0 Å². The summed E-state index contributed by atoms with van der Waals surface area (Å²) >= 11 is 0. The summed E-state index contributed by atoms with van der Waals surface area (Å²) in [7, 11) is 0. The Morgan fingerprint density at radius 1 is 0.717 bits per heavy atom. The van der Waals surface area contributed by atoms with Crippen molar-refractivity contribution in [3.8, 4) is 34.4 Å². The Labute approximate surface area is 315 Å². The summed E-state index contributed by atoms with van der Waals surface area (Å²) in [4.78, 5) is 23.1. The van der Waals surface area contributed by atoms with Crippen LogP contribution in [0.1, 0.15) is 76.4 Å². The molecule has 1 radical (unpaired) electrons. The summed E-state index contributed by atoms with van der Waals surface area (Å²) in [5.74, 6) is 2.33. The monoisotopic (exact) mass is 701 g/mol. The number of allylic oxidation sites excluding steroid dienone is 2. The number of aromatic nitrogens is 2. The number of carbonyl (C=O) groups is 1. The van der Waals surface area contributed by atoms with Crippen molar-refractivity contribution in [1.29, 1.82) is 10.5 Å². The maximum atomic E-state index is 13.7. The van der Waals surface area contributed by atoms with Crippen molar-refractivity contribution >= 4 is 18.1 Å². The zero-order valence-electron chi connectivity index (χ0n) is 31.4. The van der Waals surface area contributed by atoms with E-state index in [1.165, 1.54) is 0 Å². The molecule has 2 fully saturated rings. The zero-order valence-corrected chi connectivity index (χ0v) is 31.4. The van der Waals surface area contributed by atoms with Crippen molar-refractivity contribution in [3.63, 3.8) is 0 Å². The predicted octanol–water partition coefficient (Wildman–Crippen LogP) is 10.6. The number of esters is 1. The molecule has 2 heterocycles. The number of pyridine rings is 2. The second-order valence-electron chi connectivity index (χ2n) is 15.3. The van der Waals surface area contributed by atoms with E-state index in [1.54, 1.807) is 0 Å². The molecule has 2 aliphatic carbocycles. The second-order valence-corrected chi connectivity index (χ2v) is 15.3. The highest BCUT2D eigenvalue weighted by Crippen LogP contribution is 2.43. The molecule has 0 spiro atoms. The largest absolute Gasteiger partial charge is 0.462 e. The Balaban J connectivity index is 1.10. The SMILES string of the molecule is CC1C(OC(=O)C[C@H]2[CH]C[C@H](C)[C@@H](C)[C@@H]2/C=C/c2ccc(-c3ccccc3C#N)cn2)C[C@H](C)[C@@H](C)[C@@H]1/C=C/c1ccc(-c2ccccc2C#N)cn1. The highest BCUT2D eigenvalue weighted by molar-refractivity contribution is 5.72. The summed E-state index contributed by atoms with van der Waals surface area (Å²) < 4.78 is 6.35. The molecule has 6 nitrogen and oxygen atoms in total. The lowest BCUT2D eigenvalue weighted by molar-refractivity contribution is -0.158. The second kappa shape index (κ2) is 17.0. The number of nitrogens with zero attached hydrogens (tertiary/aromatic N) is 4. The minimum absolute atomic E-state index is 0.0897. The van der Waals surface area contributed by atoms with Crippen molar-refractivity contribution in [2.75, 3.05) is 0 Å². The lowest BCUT2D eigenvalue weighted by Crippen LogP contribution is -2.42. The quantitative estimate of drug-likeness (QED) is 0.161. The standard InChI is InChI=1S/C47H49N4O2/c1-30-14-15-35(43(32(30)3)23-21-41-19-17-39(29-51-41)45-13-9-7-11-37(45)27-49)25-47(52)53-46-24-31(2)33(4)42(34(46)5)22-20-40-18-16-38(28-50-40)44-12-8-6-10-36(44)26-48/h6-13,15-23,28-35,42-43,46H,14,24-25H2,1-5H3/b22-20+,23-21+/t30-,31-,32+,33+,34?,35+,42-,43-,46?/m0/s1. The molecule has 6 rings (SSSR count). The molecule has 6 heteroatoms. The van der Waals surface area contributed by atoms with Gasteiger partial charge >= 0.3 is 5.97 Å². The fourth-order valence-corrected chi connectivity index (χ4v) is 8.30. The molecule has 2 aromatic carbocycles. The average Bonchev–Trinajstić information content (AvgIpc) is 3.18. The zero-order chi connectivity index (χ0) is 37.5. The third-order valence-electron chi connectivity index (χ3n) is 12.1. The molecule has 9 atom stereocenters. The van der Waals surface area contributed by atoms with E-state index < -0.39 is 0 Å². The van der Waals surface area contributed by atoms with Gasteiger partial charge in [-0.3, -0.25) is 14.8 Å². The Bertz CT molecular complexity index is 2020. The molecule has 0 amide bonds. The predicted molar refractivity (Wildman–Crippen MR) is 211 cm³/mol. The lowest BCUT2D eigenvalue weighted by Gasteiger charge is -2.43. The summed E-state index contributed by atoms with van der Waals surface area (Å²) in [5.41, 5.74) is 6.56. The fourth-order valence-electron chi connectivity index (χ4n) is 8.30. The van der Waals surface area contributed by atoms with E-state index in [0.717, 1.165) is 46.5 Å². The lowest BCUT2D eigenvalue weighted by atomic mass is 9.66. The van der Waals surface area contributed by atoms with Crippen LogP contribution in [0, 0.1) is 76.4 Å². The van der Waals surface area contributed by atoms with E-state index in [1.807, 2.05) is 85.2 Å². The van der Waals surface area contributed by atoms with Crippen LogP contribution >= 0.6 is 0 Å². The van der Waals surface area contributed by atoms with Gasteiger partial charge in [-0.1, -0.05) is 95.3 Å². The van der Waals surface area contributed by atoms with Gasteiger partial charge in [0.25, 0.3) is 0 Å². The van der Waals surface area contributed by atoms with Gasteiger partial charge in [0.05, 0.1) is 34.7 Å². The van der Waals surface area contributed by atoms with E-state index >= 15 is 0 Å². The topological polar surface area (TPSA) is 99.7 Å². The number of nitriles is 2. The molecular formula is C47H49N4O2. The van der Waals surface area contributed by atoms with Gasteiger partial charge in [-0.2, -0.15) is 10.5 Å². The summed E-state index contributed by atoms with van der Waals surface area (Å²) in [5, 5.41) is 19.0. The Kier molecular flexibility index (Phi) is 12.0. The van der Waals surface area contributed by atoms with Crippen LogP contribution in [-0.2, 0) is 9.53 Å². The highest BCUT2D eigenvalue weighted by atomic mass is 16.5. The molecule has 4 aromatic rings. The van der Waals surface area contributed by atoms with Gasteiger partial charge in [-0.15, -0.1) is 0 Å². The van der Waals surface area contributed by atoms with Gasteiger partial charge in [-0.05, 0) is 103 Å². The number of benzene rings is 2.